The minimum Gasteiger partial charge on any atom is -0.441 e. The Morgan fingerprint density at radius 2 is 1.70 bits per heavy atom. The number of amides is 1. The third-order valence-corrected chi connectivity index (χ3v) is 4.10. The number of aryl methyl sites for hydroxylation is 1. The first-order valence-corrected chi connectivity index (χ1v) is 8.91. The Morgan fingerprint density at radius 3 is 2.41 bits per heavy atom. The number of rotatable bonds is 5. The van der Waals surface area contributed by atoms with Crippen LogP contribution in [0.3, 0.4) is 0 Å². The number of hydrogen-bond acceptors (Lipinski definition) is 4. The summed E-state index contributed by atoms with van der Waals surface area (Å²) in [5, 5.41) is 3.37. The molecule has 0 fully saturated rings. The number of nitrogens with zero attached hydrogens (tertiary/aromatic N) is 1. The molecule has 3 aromatic rings. The van der Waals surface area contributed by atoms with E-state index in [1.807, 2.05) is 60.7 Å². The van der Waals surface area contributed by atoms with Crippen molar-refractivity contribution in [3.05, 3.63) is 77.7 Å². The number of benzene rings is 2. The fraction of sp³-hybridized carbons (Fsp3) is 0.150. The molecule has 3 rings (SSSR count). The van der Waals surface area contributed by atoms with E-state index in [-0.39, 0.29) is 12.3 Å². The average Bonchev–Trinajstić information content (AvgIpc) is 3.06. The second-order valence-corrected chi connectivity index (χ2v) is 6.31. The molecule has 0 saturated heterocycles. The molecule has 0 aliphatic carbocycles. The Balaban J connectivity index is 1.48. The number of carbonyl (C=O) groups excluding carboxylic acids is 1. The largest absolute Gasteiger partial charge is 0.441 e. The zero-order chi connectivity index (χ0) is 19.1. The number of nitrogens with one attached hydrogen (secondary N) is 3. The van der Waals surface area contributed by atoms with Crippen LogP contribution < -0.4 is 16.2 Å². The van der Waals surface area contributed by atoms with E-state index in [2.05, 4.69) is 21.2 Å². The number of thiocarbonyl (C=S) groups is 1. The summed E-state index contributed by atoms with van der Waals surface area (Å²) in [6.45, 7) is 2.37. The van der Waals surface area contributed by atoms with Gasteiger partial charge in [0.2, 0.25) is 11.8 Å². The van der Waals surface area contributed by atoms with Crippen molar-refractivity contribution in [3.63, 3.8) is 0 Å². The monoisotopic (exact) mass is 380 g/mol. The Labute approximate surface area is 163 Å². The lowest BCUT2D eigenvalue weighted by molar-refractivity contribution is -0.121. The van der Waals surface area contributed by atoms with Gasteiger partial charge in [-0.25, -0.2) is 4.98 Å². The SMILES string of the molecule is Cc1oc(-c2ccccc2)nc1CC(=O)NNC(=S)NCc1ccccc1. The summed E-state index contributed by atoms with van der Waals surface area (Å²) in [5.74, 6) is 0.868. The Bertz CT molecular complexity index is 910. The van der Waals surface area contributed by atoms with Gasteiger partial charge in [-0.15, -0.1) is 0 Å². The second-order valence-electron chi connectivity index (χ2n) is 5.91. The molecule has 0 saturated carbocycles. The Hall–Kier alpha value is -3.19. The molecule has 0 unspecified atom stereocenters. The molecule has 0 aliphatic heterocycles. The van der Waals surface area contributed by atoms with Crippen LogP contribution in [0, 0.1) is 6.92 Å². The molecule has 1 aromatic heterocycles. The number of carbonyl (C=O) groups is 1. The van der Waals surface area contributed by atoms with E-state index in [9.17, 15) is 4.79 Å². The molecule has 0 spiro atoms. The normalized spacial score (nSPS) is 10.3. The molecule has 2 aromatic carbocycles. The molecule has 0 atom stereocenters. The van der Waals surface area contributed by atoms with Gasteiger partial charge in [-0.3, -0.25) is 15.6 Å². The maximum atomic E-state index is 12.1. The zero-order valence-corrected chi connectivity index (χ0v) is 15.7. The quantitative estimate of drug-likeness (QED) is 0.467. The van der Waals surface area contributed by atoms with Crippen molar-refractivity contribution < 1.29 is 9.21 Å². The second kappa shape index (κ2) is 8.95. The Kier molecular flexibility index (Phi) is 6.17. The standard InChI is InChI=1S/C20H20N4O2S/c1-14-17(22-19(26-14)16-10-6-3-7-11-16)12-18(25)23-24-20(27)21-13-15-8-4-2-5-9-15/h2-11H,12-13H2,1H3,(H,23,25)(H2,21,24,27). The van der Waals surface area contributed by atoms with Crippen LogP contribution in [-0.2, 0) is 17.8 Å². The average molecular weight is 380 g/mol. The molecule has 27 heavy (non-hydrogen) atoms. The van der Waals surface area contributed by atoms with Crippen molar-refractivity contribution in [2.75, 3.05) is 0 Å². The van der Waals surface area contributed by atoms with E-state index in [1.165, 1.54) is 0 Å². The number of hydrazine groups is 1. The summed E-state index contributed by atoms with van der Waals surface area (Å²) < 4.78 is 5.67. The smallest absolute Gasteiger partial charge is 0.244 e. The lowest BCUT2D eigenvalue weighted by atomic mass is 10.2. The van der Waals surface area contributed by atoms with Crippen LogP contribution in [0.2, 0.25) is 0 Å². The highest BCUT2D eigenvalue weighted by atomic mass is 32.1. The molecule has 1 amide bonds. The molecule has 0 aliphatic rings. The van der Waals surface area contributed by atoms with Crippen LogP contribution >= 0.6 is 12.2 Å². The van der Waals surface area contributed by atoms with Gasteiger partial charge in [-0.1, -0.05) is 48.5 Å². The van der Waals surface area contributed by atoms with Crippen molar-refractivity contribution in [2.45, 2.75) is 19.9 Å². The molecule has 1 heterocycles. The van der Waals surface area contributed by atoms with E-state index in [0.29, 0.717) is 29.0 Å². The number of oxazole rings is 1. The van der Waals surface area contributed by atoms with Crippen LogP contribution in [-0.4, -0.2) is 16.0 Å². The van der Waals surface area contributed by atoms with Gasteiger partial charge in [0, 0.05) is 12.1 Å². The summed E-state index contributed by atoms with van der Waals surface area (Å²) >= 11 is 5.16. The molecule has 7 heteroatoms. The van der Waals surface area contributed by atoms with Crippen LogP contribution in [0.15, 0.2) is 65.1 Å². The van der Waals surface area contributed by atoms with Crippen LogP contribution in [0.4, 0.5) is 0 Å². The molecular formula is C20H20N4O2S. The van der Waals surface area contributed by atoms with E-state index in [0.717, 1.165) is 11.1 Å². The predicted octanol–water partition coefficient (Wildman–Crippen LogP) is 2.89. The lowest BCUT2D eigenvalue weighted by Crippen LogP contribution is -2.47. The fourth-order valence-electron chi connectivity index (χ4n) is 2.44. The van der Waals surface area contributed by atoms with Gasteiger partial charge in [0.15, 0.2) is 5.11 Å². The highest BCUT2D eigenvalue weighted by Gasteiger charge is 2.14. The molecular weight excluding hydrogens is 360 g/mol. The van der Waals surface area contributed by atoms with Crippen molar-refractivity contribution in [3.8, 4) is 11.5 Å². The molecule has 3 N–H and O–H groups in total. The first-order chi connectivity index (χ1) is 13.1. The first-order valence-electron chi connectivity index (χ1n) is 8.50. The lowest BCUT2D eigenvalue weighted by Gasteiger charge is -2.11. The van der Waals surface area contributed by atoms with Crippen molar-refractivity contribution in [2.24, 2.45) is 0 Å². The van der Waals surface area contributed by atoms with Gasteiger partial charge >= 0.3 is 0 Å². The molecule has 0 bridgehead atoms. The summed E-state index contributed by atoms with van der Waals surface area (Å²) in [7, 11) is 0. The molecule has 0 radical (unpaired) electrons. The first kappa shape index (κ1) is 18.6. The highest BCUT2D eigenvalue weighted by Crippen LogP contribution is 2.21. The maximum Gasteiger partial charge on any atom is 0.244 e. The van der Waals surface area contributed by atoms with Crippen LogP contribution in [0.25, 0.3) is 11.5 Å². The zero-order valence-electron chi connectivity index (χ0n) is 14.9. The van der Waals surface area contributed by atoms with E-state index < -0.39 is 0 Å². The third-order valence-electron chi connectivity index (χ3n) is 3.85. The van der Waals surface area contributed by atoms with Gasteiger partial charge in [0.1, 0.15) is 5.76 Å². The summed E-state index contributed by atoms with van der Waals surface area (Å²) in [5.41, 5.74) is 7.83. The number of hydrogen-bond donors (Lipinski definition) is 3. The van der Waals surface area contributed by atoms with Crippen molar-refractivity contribution in [1.82, 2.24) is 21.2 Å². The number of aromatic nitrogens is 1. The van der Waals surface area contributed by atoms with E-state index >= 15 is 0 Å². The third kappa shape index (κ3) is 5.39. The van der Waals surface area contributed by atoms with Crippen LogP contribution in [0.1, 0.15) is 17.0 Å². The van der Waals surface area contributed by atoms with Gasteiger partial charge in [0.05, 0.1) is 12.1 Å². The van der Waals surface area contributed by atoms with Gasteiger partial charge in [0.25, 0.3) is 0 Å². The minimum absolute atomic E-state index is 0.0937. The Morgan fingerprint density at radius 1 is 1.04 bits per heavy atom. The maximum absolute atomic E-state index is 12.1. The molecule has 6 nitrogen and oxygen atoms in total. The summed E-state index contributed by atoms with van der Waals surface area (Å²) in [6.07, 6.45) is 0.0937. The van der Waals surface area contributed by atoms with Crippen molar-refractivity contribution >= 4 is 23.2 Å². The van der Waals surface area contributed by atoms with E-state index in [1.54, 1.807) is 6.92 Å². The summed E-state index contributed by atoms with van der Waals surface area (Å²) in [6, 6.07) is 19.4. The van der Waals surface area contributed by atoms with Crippen molar-refractivity contribution in [1.29, 1.82) is 0 Å². The molecule has 138 valence electrons. The van der Waals surface area contributed by atoms with Crippen LogP contribution in [0.5, 0.6) is 0 Å². The minimum atomic E-state index is -0.255. The predicted molar refractivity (Wildman–Crippen MR) is 108 cm³/mol. The van der Waals surface area contributed by atoms with E-state index in [4.69, 9.17) is 16.6 Å². The topological polar surface area (TPSA) is 79.2 Å². The summed E-state index contributed by atoms with van der Waals surface area (Å²) in [4.78, 5) is 16.6. The van der Waals surface area contributed by atoms with Gasteiger partial charge < -0.3 is 9.73 Å². The van der Waals surface area contributed by atoms with Gasteiger partial charge in [-0.2, -0.15) is 0 Å². The highest BCUT2D eigenvalue weighted by molar-refractivity contribution is 7.80. The fourth-order valence-corrected chi connectivity index (χ4v) is 2.56. The van der Waals surface area contributed by atoms with Gasteiger partial charge in [-0.05, 0) is 36.8 Å².